The molecule has 0 aliphatic rings. The van der Waals surface area contributed by atoms with Gasteiger partial charge in [0.2, 0.25) is 17.7 Å². The van der Waals surface area contributed by atoms with Crippen LogP contribution in [-0.2, 0) is 24.0 Å². The molecule has 8 N–H and O–H groups in total. The van der Waals surface area contributed by atoms with E-state index >= 15 is 0 Å². The highest BCUT2D eigenvalue weighted by Crippen LogP contribution is 2.06. The van der Waals surface area contributed by atoms with Gasteiger partial charge in [-0.3, -0.25) is 19.2 Å². The van der Waals surface area contributed by atoms with Crippen molar-refractivity contribution in [1.29, 1.82) is 0 Å². The number of nitrogens with one attached hydrogen (secondary N) is 3. The van der Waals surface area contributed by atoms with Crippen LogP contribution in [0.2, 0.25) is 0 Å². The van der Waals surface area contributed by atoms with Crippen molar-refractivity contribution in [3.63, 3.8) is 0 Å². The maximum absolute atomic E-state index is 12.6. The molecule has 0 aromatic rings. The van der Waals surface area contributed by atoms with Crippen LogP contribution >= 0.6 is 0 Å². The Hall–Kier alpha value is -2.73. The fraction of sp³-hybridized carbons (Fsp3) is 0.706. The molecule has 4 atom stereocenters. The van der Waals surface area contributed by atoms with E-state index in [4.69, 9.17) is 21.1 Å². The Balaban J connectivity index is 5.38. The maximum Gasteiger partial charge on any atom is 0.328 e. The van der Waals surface area contributed by atoms with E-state index in [0.29, 0.717) is 0 Å². The third-order valence-electron chi connectivity index (χ3n) is 4.08. The number of carboxylic acids is 2. The Bertz CT molecular complexity index is 623. The third kappa shape index (κ3) is 8.87. The van der Waals surface area contributed by atoms with Gasteiger partial charge >= 0.3 is 11.9 Å². The molecule has 4 unspecified atom stereocenters. The van der Waals surface area contributed by atoms with Crippen molar-refractivity contribution in [3.05, 3.63) is 0 Å². The molecule has 29 heavy (non-hydrogen) atoms. The average molecular weight is 418 g/mol. The van der Waals surface area contributed by atoms with Crippen LogP contribution in [0, 0.1) is 11.8 Å². The minimum Gasteiger partial charge on any atom is -0.481 e. The minimum absolute atomic E-state index is 0.192. The largest absolute Gasteiger partial charge is 0.481 e. The molecule has 3 amide bonds. The van der Waals surface area contributed by atoms with Gasteiger partial charge in [0.1, 0.15) is 18.1 Å². The number of nitrogens with two attached hydrogens (primary N) is 1. The molecular formula is C17H30N4O8. The van der Waals surface area contributed by atoms with Gasteiger partial charge in [0, 0.05) is 0 Å². The van der Waals surface area contributed by atoms with Gasteiger partial charge in [-0.2, -0.15) is 0 Å². The molecule has 12 nitrogen and oxygen atoms in total. The molecule has 12 heteroatoms. The van der Waals surface area contributed by atoms with Crippen LogP contribution in [0.1, 0.15) is 34.1 Å². The molecule has 0 heterocycles. The van der Waals surface area contributed by atoms with Crippen molar-refractivity contribution in [3.8, 4) is 0 Å². The second-order valence-electron chi connectivity index (χ2n) is 7.24. The summed E-state index contributed by atoms with van der Waals surface area (Å²) < 4.78 is 0. The molecule has 0 aliphatic heterocycles. The van der Waals surface area contributed by atoms with E-state index in [0.717, 1.165) is 0 Å². The molecule has 166 valence electrons. The first-order valence-electron chi connectivity index (χ1n) is 9.03. The fourth-order valence-electron chi connectivity index (χ4n) is 2.19. The lowest BCUT2D eigenvalue weighted by Gasteiger charge is -2.27. The zero-order chi connectivity index (χ0) is 22.9. The van der Waals surface area contributed by atoms with Gasteiger partial charge in [-0.1, -0.05) is 27.7 Å². The van der Waals surface area contributed by atoms with E-state index < -0.39 is 72.8 Å². The molecule has 0 aliphatic carbocycles. The van der Waals surface area contributed by atoms with E-state index in [1.165, 1.54) is 0 Å². The summed E-state index contributed by atoms with van der Waals surface area (Å²) in [5.41, 5.74) is 5.76. The summed E-state index contributed by atoms with van der Waals surface area (Å²) in [6, 6.07) is -5.27. The summed E-state index contributed by atoms with van der Waals surface area (Å²) in [5.74, 6) is -6.08. The lowest BCUT2D eigenvalue weighted by molar-refractivity contribution is -0.144. The molecule has 0 fully saturated rings. The van der Waals surface area contributed by atoms with Crippen LogP contribution in [0.25, 0.3) is 0 Å². The van der Waals surface area contributed by atoms with E-state index in [-0.39, 0.29) is 5.92 Å². The number of aliphatic hydroxyl groups is 1. The quantitative estimate of drug-likeness (QED) is 0.180. The Morgan fingerprint density at radius 1 is 0.793 bits per heavy atom. The summed E-state index contributed by atoms with van der Waals surface area (Å²) in [5, 5.41) is 33.5. The van der Waals surface area contributed by atoms with Gasteiger partial charge in [0.05, 0.1) is 19.1 Å². The highest BCUT2D eigenvalue weighted by atomic mass is 16.4. The smallest absolute Gasteiger partial charge is 0.328 e. The first-order chi connectivity index (χ1) is 13.3. The molecule has 0 saturated heterocycles. The standard InChI is InChI=1S/C17H30N4O8/c1-7(2)12(18)15(26)21-13(8(3)4)16(27)19-9(5-11(23)24)14(25)20-10(6-22)17(28)29/h7-10,12-13,22H,5-6,18H2,1-4H3,(H,19,27)(H,20,25)(H,21,26)(H,23,24)(H,28,29). The van der Waals surface area contributed by atoms with E-state index in [1.807, 2.05) is 5.32 Å². The van der Waals surface area contributed by atoms with Crippen LogP contribution < -0.4 is 21.7 Å². The number of hydrogen-bond acceptors (Lipinski definition) is 7. The van der Waals surface area contributed by atoms with Crippen LogP contribution in [0.4, 0.5) is 0 Å². The predicted octanol–water partition coefficient (Wildman–Crippen LogP) is -2.37. The first kappa shape index (κ1) is 26.3. The molecule has 0 bridgehead atoms. The number of carboxylic acid groups (broad SMARTS) is 2. The summed E-state index contributed by atoms with van der Waals surface area (Å²) in [7, 11) is 0. The van der Waals surface area contributed by atoms with Gasteiger partial charge in [-0.15, -0.1) is 0 Å². The van der Waals surface area contributed by atoms with Gasteiger partial charge < -0.3 is 37.0 Å². The first-order valence-corrected chi connectivity index (χ1v) is 9.03. The minimum atomic E-state index is -1.67. The number of aliphatic hydroxyl groups excluding tert-OH is 1. The van der Waals surface area contributed by atoms with E-state index in [1.54, 1.807) is 27.7 Å². The summed E-state index contributed by atoms with van der Waals surface area (Å²) in [4.78, 5) is 59.0. The number of carbonyl (C=O) groups excluding carboxylic acids is 3. The number of aliphatic carboxylic acids is 2. The maximum atomic E-state index is 12.6. The number of amides is 3. The number of hydrogen-bond donors (Lipinski definition) is 7. The topological polar surface area (TPSA) is 208 Å². The Kier molecular flexibility index (Phi) is 10.8. The van der Waals surface area contributed by atoms with Crippen LogP contribution in [0.3, 0.4) is 0 Å². The lowest BCUT2D eigenvalue weighted by atomic mass is 9.99. The van der Waals surface area contributed by atoms with Crippen LogP contribution in [0.15, 0.2) is 0 Å². The van der Waals surface area contributed by atoms with E-state index in [2.05, 4.69) is 10.6 Å². The average Bonchev–Trinajstić information content (AvgIpc) is 2.61. The monoisotopic (exact) mass is 418 g/mol. The second kappa shape index (κ2) is 12.0. The van der Waals surface area contributed by atoms with Gasteiger partial charge in [0.25, 0.3) is 0 Å². The molecule has 0 aromatic carbocycles. The third-order valence-corrected chi connectivity index (χ3v) is 4.08. The number of rotatable bonds is 12. The predicted molar refractivity (Wildman–Crippen MR) is 100 cm³/mol. The summed E-state index contributed by atoms with van der Waals surface area (Å²) in [6.45, 7) is 5.78. The molecule has 0 aromatic heterocycles. The summed E-state index contributed by atoms with van der Waals surface area (Å²) in [6.07, 6.45) is -0.834. The van der Waals surface area contributed by atoms with Crippen LogP contribution in [0.5, 0.6) is 0 Å². The Morgan fingerprint density at radius 2 is 1.31 bits per heavy atom. The van der Waals surface area contributed by atoms with Crippen molar-refractivity contribution in [2.45, 2.75) is 58.3 Å². The van der Waals surface area contributed by atoms with Crippen molar-refractivity contribution in [1.82, 2.24) is 16.0 Å². The number of carbonyl (C=O) groups is 5. The Morgan fingerprint density at radius 3 is 1.69 bits per heavy atom. The van der Waals surface area contributed by atoms with Crippen molar-refractivity contribution in [2.24, 2.45) is 17.6 Å². The van der Waals surface area contributed by atoms with E-state index in [9.17, 15) is 24.0 Å². The van der Waals surface area contributed by atoms with Crippen molar-refractivity contribution in [2.75, 3.05) is 6.61 Å². The highest BCUT2D eigenvalue weighted by molar-refractivity contribution is 5.95. The fourth-order valence-corrected chi connectivity index (χ4v) is 2.19. The van der Waals surface area contributed by atoms with Crippen molar-refractivity contribution < 1.29 is 39.3 Å². The molecule has 0 spiro atoms. The van der Waals surface area contributed by atoms with Gasteiger partial charge in [-0.25, -0.2) is 4.79 Å². The summed E-state index contributed by atoms with van der Waals surface area (Å²) >= 11 is 0. The van der Waals surface area contributed by atoms with Gasteiger partial charge in [-0.05, 0) is 11.8 Å². The zero-order valence-corrected chi connectivity index (χ0v) is 16.8. The Labute approximate surface area is 168 Å². The highest BCUT2D eigenvalue weighted by Gasteiger charge is 2.32. The lowest BCUT2D eigenvalue weighted by Crippen LogP contribution is -2.59. The molecule has 0 saturated carbocycles. The van der Waals surface area contributed by atoms with Crippen LogP contribution in [-0.4, -0.2) is 75.8 Å². The SMILES string of the molecule is CC(C)C(N)C(=O)NC(C(=O)NC(CC(=O)O)C(=O)NC(CO)C(=O)O)C(C)C. The van der Waals surface area contributed by atoms with Gasteiger partial charge in [0.15, 0.2) is 0 Å². The zero-order valence-electron chi connectivity index (χ0n) is 16.8. The second-order valence-corrected chi connectivity index (χ2v) is 7.24. The normalized spacial score (nSPS) is 15.2. The molecule has 0 radical (unpaired) electrons. The van der Waals surface area contributed by atoms with Crippen molar-refractivity contribution >= 4 is 29.7 Å². The molecular weight excluding hydrogens is 388 g/mol. The molecule has 0 rings (SSSR count).